The minimum atomic E-state index is -1.77. The van der Waals surface area contributed by atoms with Gasteiger partial charge in [-0.05, 0) is 77.0 Å². The van der Waals surface area contributed by atoms with Crippen molar-refractivity contribution < 1.29 is 43.6 Å². The lowest BCUT2D eigenvalue weighted by Gasteiger charge is -2.32. The standard InChI is InChI=1S/C29H49N3O10/c1-19(2)21(15-20-11-12-24(39-9)25(16-20)40-14-10-13-38-8)17-22(31-27(35)41-28(3,4)5)23(33)18-30-26(34)29(6,7)42-32(36)37/h11-12,16,19,21-23,33H,10,13-15,17-18H2,1-9H3,(H,30,34)(H,31,35)/t21-,22-,23-/m0/s1. The van der Waals surface area contributed by atoms with Gasteiger partial charge >= 0.3 is 6.09 Å². The number of hydrogen-bond donors (Lipinski definition) is 3. The number of carbonyl (C=O) groups excluding carboxylic acids is 2. The zero-order chi connectivity index (χ0) is 32.1. The Morgan fingerprint density at radius 1 is 1.07 bits per heavy atom. The van der Waals surface area contributed by atoms with Gasteiger partial charge in [-0.15, -0.1) is 10.1 Å². The molecule has 1 rings (SSSR count). The third-order valence-corrected chi connectivity index (χ3v) is 6.46. The molecule has 0 unspecified atom stereocenters. The first-order valence-electron chi connectivity index (χ1n) is 14.1. The van der Waals surface area contributed by atoms with Crippen LogP contribution in [0.25, 0.3) is 0 Å². The summed E-state index contributed by atoms with van der Waals surface area (Å²) >= 11 is 0. The van der Waals surface area contributed by atoms with Gasteiger partial charge in [-0.1, -0.05) is 19.9 Å². The van der Waals surface area contributed by atoms with Crippen molar-refractivity contribution in [1.82, 2.24) is 10.6 Å². The molecule has 1 aromatic rings. The lowest BCUT2D eigenvalue weighted by molar-refractivity contribution is -0.774. The van der Waals surface area contributed by atoms with Gasteiger partial charge in [-0.25, -0.2) is 4.79 Å². The topological polar surface area (TPSA) is 168 Å². The van der Waals surface area contributed by atoms with Gasteiger partial charge in [0.25, 0.3) is 11.0 Å². The highest BCUT2D eigenvalue weighted by Crippen LogP contribution is 2.31. The summed E-state index contributed by atoms with van der Waals surface area (Å²) in [5.41, 5.74) is -1.55. The van der Waals surface area contributed by atoms with Crippen molar-refractivity contribution >= 4 is 12.0 Å². The van der Waals surface area contributed by atoms with E-state index in [2.05, 4.69) is 15.5 Å². The highest BCUT2D eigenvalue weighted by atomic mass is 17.0. The number of hydrogen-bond acceptors (Lipinski definition) is 10. The number of alkyl carbamates (subject to hydrolysis) is 1. The summed E-state index contributed by atoms with van der Waals surface area (Å²) in [7, 11) is 3.21. The number of aliphatic hydroxyl groups excluding tert-OH is 1. The summed E-state index contributed by atoms with van der Waals surface area (Å²) in [6.07, 6.45) is -0.275. The van der Waals surface area contributed by atoms with E-state index in [1.54, 1.807) is 35.0 Å². The number of nitrogens with one attached hydrogen (secondary N) is 2. The summed E-state index contributed by atoms with van der Waals surface area (Å²) in [4.78, 5) is 40.4. The Kier molecular flexibility index (Phi) is 14.8. The van der Waals surface area contributed by atoms with E-state index in [4.69, 9.17) is 18.9 Å². The van der Waals surface area contributed by atoms with Gasteiger partial charge in [0.15, 0.2) is 17.1 Å². The Morgan fingerprint density at radius 3 is 2.29 bits per heavy atom. The number of aliphatic hydroxyl groups is 1. The number of amides is 2. The second-order valence-corrected chi connectivity index (χ2v) is 12.0. The zero-order valence-corrected chi connectivity index (χ0v) is 26.4. The number of rotatable bonds is 18. The second kappa shape index (κ2) is 17.0. The predicted octanol–water partition coefficient (Wildman–Crippen LogP) is 3.67. The summed E-state index contributed by atoms with van der Waals surface area (Å²) in [6, 6.07) is 4.90. The number of nitrogens with zero attached hydrogens (tertiary/aromatic N) is 1. The van der Waals surface area contributed by atoms with Crippen LogP contribution in [0, 0.1) is 22.0 Å². The quantitative estimate of drug-likeness (QED) is 0.129. The third-order valence-electron chi connectivity index (χ3n) is 6.46. The number of ether oxygens (including phenoxy) is 4. The average molecular weight is 600 g/mol. The fraction of sp³-hybridized carbons (Fsp3) is 0.724. The first-order chi connectivity index (χ1) is 19.5. The average Bonchev–Trinajstić information content (AvgIpc) is 2.86. The largest absolute Gasteiger partial charge is 0.493 e. The highest BCUT2D eigenvalue weighted by Gasteiger charge is 2.34. The van der Waals surface area contributed by atoms with Crippen molar-refractivity contribution in [1.29, 1.82) is 0 Å². The molecular formula is C29H49N3O10. The van der Waals surface area contributed by atoms with Crippen molar-refractivity contribution in [3.05, 3.63) is 33.9 Å². The van der Waals surface area contributed by atoms with E-state index in [0.29, 0.717) is 37.6 Å². The third kappa shape index (κ3) is 13.6. The fourth-order valence-corrected chi connectivity index (χ4v) is 4.12. The maximum atomic E-state index is 12.7. The highest BCUT2D eigenvalue weighted by molar-refractivity contribution is 5.84. The molecule has 1 aromatic carbocycles. The molecule has 13 heteroatoms. The molecule has 0 radical (unpaired) electrons. The second-order valence-electron chi connectivity index (χ2n) is 12.0. The van der Waals surface area contributed by atoms with E-state index in [0.717, 1.165) is 12.0 Å². The van der Waals surface area contributed by atoms with Crippen LogP contribution in [0.4, 0.5) is 4.79 Å². The van der Waals surface area contributed by atoms with Crippen LogP contribution in [-0.4, -0.2) is 79.5 Å². The van der Waals surface area contributed by atoms with Crippen LogP contribution in [-0.2, 0) is 25.5 Å². The maximum absolute atomic E-state index is 12.7. The molecule has 0 aliphatic rings. The molecule has 2 amide bonds. The van der Waals surface area contributed by atoms with E-state index in [9.17, 15) is 24.8 Å². The Hall–Kier alpha value is -3.32. The predicted molar refractivity (Wildman–Crippen MR) is 156 cm³/mol. The van der Waals surface area contributed by atoms with Gasteiger partial charge < -0.3 is 34.7 Å². The van der Waals surface area contributed by atoms with E-state index in [-0.39, 0.29) is 18.4 Å². The molecule has 42 heavy (non-hydrogen) atoms. The van der Waals surface area contributed by atoms with Crippen molar-refractivity contribution in [2.75, 3.05) is 34.0 Å². The summed E-state index contributed by atoms with van der Waals surface area (Å²) < 4.78 is 21.9. The van der Waals surface area contributed by atoms with Crippen LogP contribution in [0.15, 0.2) is 18.2 Å². The van der Waals surface area contributed by atoms with E-state index in [1.807, 2.05) is 32.0 Å². The van der Waals surface area contributed by atoms with Gasteiger partial charge in [0.1, 0.15) is 5.60 Å². The molecule has 0 bridgehead atoms. The summed E-state index contributed by atoms with van der Waals surface area (Å²) in [5.74, 6) is 0.566. The SMILES string of the molecule is COCCCOc1cc(C[C@@H](C[C@H](NC(=O)OC(C)(C)C)[C@@H](O)CNC(=O)C(C)(C)O[N+](=O)[O-])C(C)C)ccc1OC. The minimum absolute atomic E-state index is 0.0146. The van der Waals surface area contributed by atoms with Crippen LogP contribution in [0.5, 0.6) is 11.5 Å². The molecule has 0 aliphatic heterocycles. The molecule has 0 aromatic heterocycles. The van der Waals surface area contributed by atoms with Crippen molar-refractivity contribution in [3.63, 3.8) is 0 Å². The summed E-state index contributed by atoms with van der Waals surface area (Å²) in [5, 5.41) is 26.0. The molecule has 0 fully saturated rings. The molecule has 0 aliphatic carbocycles. The maximum Gasteiger partial charge on any atom is 0.407 e. The molecule has 0 spiro atoms. The van der Waals surface area contributed by atoms with Gasteiger partial charge in [-0.2, -0.15) is 0 Å². The molecule has 3 N–H and O–H groups in total. The monoisotopic (exact) mass is 599 g/mol. The Balaban J connectivity index is 3.14. The molecule has 3 atom stereocenters. The van der Waals surface area contributed by atoms with Gasteiger partial charge in [0.2, 0.25) is 0 Å². The number of benzene rings is 1. The van der Waals surface area contributed by atoms with Crippen molar-refractivity contribution in [2.24, 2.45) is 11.8 Å². The molecular weight excluding hydrogens is 550 g/mol. The molecule has 0 saturated carbocycles. The summed E-state index contributed by atoms with van der Waals surface area (Å²) in [6.45, 7) is 12.5. The first kappa shape index (κ1) is 36.7. The zero-order valence-electron chi connectivity index (χ0n) is 26.4. The number of carbonyl (C=O) groups is 2. The molecule has 13 nitrogen and oxygen atoms in total. The minimum Gasteiger partial charge on any atom is -0.493 e. The van der Waals surface area contributed by atoms with Gasteiger partial charge in [-0.3, -0.25) is 9.63 Å². The van der Waals surface area contributed by atoms with Crippen LogP contribution >= 0.6 is 0 Å². The van der Waals surface area contributed by atoms with Crippen molar-refractivity contribution in [2.45, 2.75) is 91.1 Å². The van der Waals surface area contributed by atoms with E-state index >= 15 is 0 Å². The Labute approximate surface area is 248 Å². The lowest BCUT2D eigenvalue weighted by Crippen LogP contribution is -2.53. The van der Waals surface area contributed by atoms with Crippen LogP contribution in [0.1, 0.15) is 66.9 Å². The van der Waals surface area contributed by atoms with Crippen LogP contribution < -0.4 is 20.1 Å². The first-order valence-corrected chi connectivity index (χ1v) is 14.1. The van der Waals surface area contributed by atoms with E-state index in [1.165, 1.54) is 13.8 Å². The van der Waals surface area contributed by atoms with E-state index < -0.39 is 40.4 Å². The Morgan fingerprint density at radius 2 is 1.74 bits per heavy atom. The van der Waals surface area contributed by atoms with Gasteiger partial charge in [0.05, 0.1) is 25.9 Å². The van der Waals surface area contributed by atoms with Crippen LogP contribution in [0.3, 0.4) is 0 Å². The number of methoxy groups -OCH3 is 2. The smallest absolute Gasteiger partial charge is 0.407 e. The van der Waals surface area contributed by atoms with Crippen LogP contribution in [0.2, 0.25) is 0 Å². The molecule has 240 valence electrons. The Bertz CT molecular complexity index is 1010. The van der Waals surface area contributed by atoms with Crippen molar-refractivity contribution in [3.8, 4) is 11.5 Å². The lowest BCUT2D eigenvalue weighted by atomic mass is 9.83. The van der Waals surface area contributed by atoms with Gasteiger partial charge in [0, 0.05) is 26.7 Å². The molecule has 0 heterocycles. The molecule has 0 saturated heterocycles. The fourth-order valence-electron chi connectivity index (χ4n) is 4.12. The normalized spacial score (nSPS) is 14.0.